The Kier molecular flexibility index (Phi) is 11.6. The largest absolute Gasteiger partial charge is 0.505 e. The quantitative estimate of drug-likeness (QED) is 0.0879. The number of carbonyl (C=O) groups is 2. The Labute approximate surface area is 359 Å². The van der Waals surface area contributed by atoms with Crippen molar-refractivity contribution >= 4 is 77.7 Å². The Bertz CT molecular complexity index is 3020. The fraction of sp³-hybridized carbons (Fsp3) is 0. The lowest BCUT2D eigenvalue weighted by Crippen LogP contribution is -2.22. The average molecular weight is 909 g/mol. The van der Waals surface area contributed by atoms with E-state index in [4.69, 9.17) is 20.8 Å². The third kappa shape index (κ3) is 9.33. The number of aliphatic hydroxyl groups is 2. The molecule has 0 atom stereocenters. The van der Waals surface area contributed by atoms with Gasteiger partial charge in [-0.15, -0.1) is 10.2 Å². The summed E-state index contributed by atoms with van der Waals surface area (Å²) < 4.78 is 69.4. The third-order valence-corrected chi connectivity index (χ3v) is 10.9. The monoisotopic (exact) mass is 908 g/mol. The van der Waals surface area contributed by atoms with Gasteiger partial charge in [-0.2, -0.15) is 27.0 Å². The maximum atomic E-state index is 13.3. The molecule has 0 saturated carbocycles. The molecule has 7 rings (SSSR count). The Morgan fingerprint density at radius 1 is 0.484 bits per heavy atom. The minimum atomic E-state index is -5.01. The van der Waals surface area contributed by atoms with E-state index in [9.17, 15) is 45.7 Å². The van der Waals surface area contributed by atoms with E-state index in [1.54, 1.807) is 0 Å². The highest BCUT2D eigenvalue weighted by atomic mass is 32.2. The van der Waals surface area contributed by atoms with Crippen molar-refractivity contribution in [2.45, 2.75) is 0 Å². The molecule has 1 aromatic carbocycles. The highest BCUT2D eigenvalue weighted by molar-refractivity contribution is 7.91. The van der Waals surface area contributed by atoms with Gasteiger partial charge in [-0.05, 0) is 102 Å². The van der Waals surface area contributed by atoms with E-state index in [0.29, 0.717) is 0 Å². The molecule has 24 heteroatoms. The van der Waals surface area contributed by atoms with Crippen molar-refractivity contribution in [1.82, 2.24) is 0 Å². The van der Waals surface area contributed by atoms with Crippen molar-refractivity contribution in [3.63, 3.8) is 0 Å². The summed E-state index contributed by atoms with van der Waals surface area (Å²) in [5.74, 6) is -3.07. The molecule has 0 spiro atoms. The number of fused-ring (bicyclic) bond motifs is 2. The van der Waals surface area contributed by atoms with E-state index in [1.165, 1.54) is 109 Å². The Morgan fingerprint density at radius 2 is 0.844 bits per heavy atom. The van der Waals surface area contributed by atoms with Crippen LogP contribution in [0.25, 0.3) is 0 Å². The average Bonchev–Trinajstić information content (AvgIpc) is 3.25. The van der Waals surface area contributed by atoms with Gasteiger partial charge >= 0.3 is 11.4 Å². The molecule has 0 fully saturated rings. The van der Waals surface area contributed by atoms with Crippen LogP contribution in [0.5, 0.6) is 0 Å². The van der Waals surface area contributed by atoms with Gasteiger partial charge in [0.15, 0.2) is 21.3 Å². The number of aliphatic hydroxyl groups excluding tert-OH is 2. The van der Waals surface area contributed by atoms with Crippen LogP contribution in [0.2, 0.25) is 0 Å². The van der Waals surface area contributed by atoms with E-state index < -0.39 is 64.8 Å². The van der Waals surface area contributed by atoms with Gasteiger partial charge in [-0.1, -0.05) is 6.07 Å². The van der Waals surface area contributed by atoms with E-state index in [-0.39, 0.29) is 77.5 Å². The number of nitrogens with zero attached hydrogens (tertiary/aromatic N) is 8. The van der Waals surface area contributed by atoms with Gasteiger partial charge in [0.2, 0.25) is 0 Å². The van der Waals surface area contributed by atoms with Crippen LogP contribution < -0.4 is 0 Å². The Morgan fingerprint density at radius 3 is 1.19 bits per heavy atom. The van der Waals surface area contributed by atoms with Gasteiger partial charge < -0.3 is 10.2 Å². The summed E-state index contributed by atoms with van der Waals surface area (Å²) in [7, 11) is -10.0. The minimum Gasteiger partial charge on any atom is -0.505 e. The van der Waals surface area contributed by atoms with Gasteiger partial charge in [0.1, 0.15) is 21.2 Å². The second-order valence-corrected chi connectivity index (χ2v) is 16.1. The van der Waals surface area contributed by atoms with Crippen LogP contribution in [0.1, 0.15) is 20.7 Å². The molecule has 0 saturated heterocycles. The van der Waals surface area contributed by atoms with Crippen LogP contribution >= 0.6 is 0 Å². The zero-order chi connectivity index (χ0) is 46.1. The van der Waals surface area contributed by atoms with Gasteiger partial charge in [-0.25, -0.2) is 30.8 Å². The van der Waals surface area contributed by atoms with E-state index in [1.807, 2.05) is 0 Å². The van der Waals surface area contributed by atoms with Gasteiger partial charge in [0.25, 0.3) is 32.1 Å². The number of carbonyl (C=O) groups excluding carboxylic acids is 2. The van der Waals surface area contributed by atoms with Crippen LogP contribution in [-0.4, -0.2) is 124 Å². The second-order valence-electron chi connectivity index (χ2n) is 13.3. The van der Waals surface area contributed by atoms with E-state index in [0.717, 1.165) is 12.2 Å². The van der Waals surface area contributed by atoms with Crippen LogP contribution in [0.15, 0.2) is 195 Å². The SMILES string of the molecule is O=C(N=C1C=CC2=C(O)C(=NN=C3C=CC(=[N+](O)O)C=C3)C(S(=O)(=O)O)=CC2=C1)c1cccc(C(=O)N=C2C=CC3=C(O)C(=NN=C4C=CC(=[N+](O)O)C=C4)C(S(=O)(=O)O)=CC3=C2)c1. The Hall–Kier alpha value is -8.58. The molecule has 0 aromatic heterocycles. The van der Waals surface area contributed by atoms with Gasteiger partial charge in [0, 0.05) is 46.6 Å². The summed E-state index contributed by atoms with van der Waals surface area (Å²) >= 11 is 0. The lowest BCUT2D eigenvalue weighted by Gasteiger charge is -2.20. The summed E-state index contributed by atoms with van der Waals surface area (Å²) in [5.41, 5.74) is -1.05. The predicted molar refractivity (Wildman–Crippen MR) is 227 cm³/mol. The molecule has 0 unspecified atom stereocenters. The second kappa shape index (κ2) is 17.1. The number of benzene rings is 1. The fourth-order valence-corrected chi connectivity index (χ4v) is 7.39. The standard InChI is InChI=1S/C40H26N8O14S2/c49-37-31-14-8-27(17-23(31)19-33(63(57,58)59)35(37)45-43-25-4-10-29(11-5-25)47(53)54)41-39(51)21-2-1-3-22(16-21)40(52)42-28-9-15-32-24(18-28)20-34(64(60,61)62)36(38(32)50)46-44-26-6-12-30(13-7-26)48(55)56/h1-20H,(H6-2,41,42,43,44,49,50,51,52,53,54,55,56,57,58,59,60,61,62)/p+2. The molecule has 0 heterocycles. The summed E-state index contributed by atoms with van der Waals surface area (Å²) in [4.78, 5) is 32.8. The molecule has 0 radical (unpaired) electrons. The zero-order valence-electron chi connectivity index (χ0n) is 32.0. The summed E-state index contributed by atoms with van der Waals surface area (Å²) in [6.07, 6.45) is 20.0. The normalized spacial score (nSPS) is 20.7. The van der Waals surface area contributed by atoms with Crippen molar-refractivity contribution in [3.8, 4) is 0 Å². The number of amides is 2. The maximum absolute atomic E-state index is 13.3. The Balaban J connectivity index is 1.11. The van der Waals surface area contributed by atoms with Gasteiger partial charge in [-0.3, -0.25) is 18.7 Å². The lowest BCUT2D eigenvalue weighted by molar-refractivity contribution is -0.954. The molecule has 6 aliphatic rings. The minimum absolute atomic E-state index is 0.0139. The molecule has 0 bridgehead atoms. The summed E-state index contributed by atoms with van der Waals surface area (Å²) in [6.45, 7) is 0. The molecule has 64 heavy (non-hydrogen) atoms. The number of rotatable bonds is 6. The zero-order valence-corrected chi connectivity index (χ0v) is 33.6. The van der Waals surface area contributed by atoms with Crippen LogP contribution in [-0.2, 0) is 20.2 Å². The molecule has 2 amide bonds. The van der Waals surface area contributed by atoms with E-state index in [2.05, 4.69) is 30.4 Å². The fourth-order valence-electron chi connectivity index (χ4n) is 6.07. The van der Waals surface area contributed by atoms with Crippen molar-refractivity contribution in [3.05, 3.63) is 176 Å². The van der Waals surface area contributed by atoms with Crippen LogP contribution in [0, 0.1) is 0 Å². The topological polar surface area (TPSA) is 344 Å². The van der Waals surface area contributed by atoms with Gasteiger partial charge in [0.05, 0.1) is 22.8 Å². The number of hydrogen-bond acceptors (Lipinski definition) is 16. The van der Waals surface area contributed by atoms with Crippen molar-refractivity contribution < 1.29 is 76.4 Å². The molecule has 1 aromatic rings. The highest BCUT2D eigenvalue weighted by Crippen LogP contribution is 2.33. The first-order valence-electron chi connectivity index (χ1n) is 17.8. The summed E-state index contributed by atoms with van der Waals surface area (Å²) in [5, 5.41) is 73.8. The third-order valence-electron chi connectivity index (χ3n) is 9.13. The molecule has 22 nitrogen and oxygen atoms in total. The smallest absolute Gasteiger partial charge is 0.311 e. The molecule has 8 N–H and O–H groups in total. The molecule has 6 aliphatic carbocycles. The molecular weight excluding hydrogens is 881 g/mol. The first-order chi connectivity index (χ1) is 30.3. The maximum Gasteiger partial charge on any atom is 0.311 e. The number of aliphatic imine (C=N–C) groups is 2. The first-order valence-corrected chi connectivity index (χ1v) is 20.7. The lowest BCUT2D eigenvalue weighted by atomic mass is 9.91. The van der Waals surface area contributed by atoms with Crippen LogP contribution in [0.4, 0.5) is 0 Å². The predicted octanol–water partition coefficient (Wildman–Crippen LogP) is 3.35. The molecule has 322 valence electrons. The molecule has 0 aliphatic heterocycles. The number of hydrogen-bond donors (Lipinski definition) is 8. The number of allylic oxidation sites excluding steroid dienone is 22. The highest BCUT2D eigenvalue weighted by Gasteiger charge is 2.34. The first kappa shape index (κ1) is 43.5. The van der Waals surface area contributed by atoms with Crippen LogP contribution in [0.3, 0.4) is 0 Å². The van der Waals surface area contributed by atoms with Crippen molar-refractivity contribution in [2.75, 3.05) is 0 Å². The molecular formula is C40H28N8O14S2+2. The van der Waals surface area contributed by atoms with Crippen molar-refractivity contribution in [1.29, 1.82) is 0 Å². The van der Waals surface area contributed by atoms with E-state index >= 15 is 0 Å². The van der Waals surface area contributed by atoms with Crippen molar-refractivity contribution in [2.24, 2.45) is 30.4 Å². The summed E-state index contributed by atoms with van der Waals surface area (Å²) in [6, 6.07) is 5.30.